The number of benzene rings is 2. The van der Waals surface area contributed by atoms with Gasteiger partial charge in [0.15, 0.2) is 0 Å². The first-order valence-electron chi connectivity index (χ1n) is 16.6. The predicted molar refractivity (Wildman–Crippen MR) is 173 cm³/mol. The second kappa shape index (κ2) is 11.8. The maximum atomic E-state index is 13.3. The highest BCUT2D eigenvalue weighted by molar-refractivity contribution is 7.86. The Balaban J connectivity index is 1.17. The smallest absolute Gasteiger partial charge is 0.296 e. The molecule has 2 aromatic carbocycles. The summed E-state index contributed by atoms with van der Waals surface area (Å²) in [6.45, 7) is 6.96. The summed E-state index contributed by atoms with van der Waals surface area (Å²) >= 11 is 0. The van der Waals surface area contributed by atoms with Crippen molar-refractivity contribution >= 4 is 42.6 Å². The topological polar surface area (TPSA) is 178 Å². The molecule has 46 heavy (non-hydrogen) atoms. The number of carbonyl (C=O) groups is 1. The van der Waals surface area contributed by atoms with Crippen LogP contribution < -0.4 is 5.32 Å². The Morgan fingerprint density at radius 1 is 0.913 bits per heavy atom. The van der Waals surface area contributed by atoms with Gasteiger partial charge in [0, 0.05) is 11.8 Å². The molecule has 10 atom stereocenters. The SMILES string of the molecule is CC(CCC(=O)Nc1c(S(=O)(=O)O)ccc2cc(S(=O)(=O)O)ccc12)[C@H]1CCC2C3C(CC[C@@]21C)[C@@]1(C)CC[C@@H](O)CC1C[C@H]3O. The molecule has 254 valence electrons. The summed E-state index contributed by atoms with van der Waals surface area (Å²) in [5, 5.41) is 25.0. The maximum Gasteiger partial charge on any atom is 0.296 e. The van der Waals surface area contributed by atoms with Crippen molar-refractivity contribution in [1.82, 2.24) is 0 Å². The minimum absolute atomic E-state index is 0.0495. The van der Waals surface area contributed by atoms with Crippen molar-refractivity contribution in [3.8, 4) is 0 Å². The fourth-order valence-electron chi connectivity index (χ4n) is 10.7. The first kappa shape index (κ1) is 33.8. The third kappa shape index (κ3) is 5.81. The lowest BCUT2D eigenvalue weighted by molar-refractivity contribution is -0.174. The van der Waals surface area contributed by atoms with Crippen LogP contribution >= 0.6 is 0 Å². The van der Waals surface area contributed by atoms with Crippen molar-refractivity contribution in [2.24, 2.45) is 46.3 Å². The lowest BCUT2D eigenvalue weighted by atomic mass is 9.43. The van der Waals surface area contributed by atoms with Gasteiger partial charge in [0.1, 0.15) is 4.90 Å². The zero-order chi connectivity index (χ0) is 33.4. The molecule has 4 saturated carbocycles. The van der Waals surface area contributed by atoms with Gasteiger partial charge in [-0.05, 0) is 128 Å². The summed E-state index contributed by atoms with van der Waals surface area (Å²) < 4.78 is 66.9. The highest BCUT2D eigenvalue weighted by Crippen LogP contribution is 2.68. The lowest BCUT2D eigenvalue weighted by Gasteiger charge is -2.62. The van der Waals surface area contributed by atoms with Crippen molar-refractivity contribution in [3.05, 3.63) is 30.3 Å². The summed E-state index contributed by atoms with van der Waals surface area (Å²) in [6, 6.07) is 5.97. The number of rotatable bonds is 7. The van der Waals surface area contributed by atoms with E-state index in [1.807, 2.05) is 0 Å². The van der Waals surface area contributed by atoms with Crippen LogP contribution in [-0.2, 0) is 25.0 Å². The number of carbonyl (C=O) groups excluding carboxylic acids is 1. The Morgan fingerprint density at radius 2 is 1.61 bits per heavy atom. The van der Waals surface area contributed by atoms with E-state index in [1.54, 1.807) is 0 Å². The van der Waals surface area contributed by atoms with Crippen LogP contribution in [0.5, 0.6) is 0 Å². The summed E-state index contributed by atoms with van der Waals surface area (Å²) in [7, 11) is -9.23. The van der Waals surface area contributed by atoms with E-state index in [4.69, 9.17) is 0 Å². The fraction of sp³-hybridized carbons (Fsp3) is 0.676. The molecular weight excluding hydrogens is 631 g/mol. The van der Waals surface area contributed by atoms with E-state index in [-0.39, 0.29) is 62.6 Å². The van der Waals surface area contributed by atoms with Gasteiger partial charge in [-0.1, -0.05) is 32.9 Å². The lowest BCUT2D eigenvalue weighted by Crippen LogP contribution is -2.58. The molecule has 0 radical (unpaired) electrons. The average molecular weight is 678 g/mol. The minimum atomic E-state index is -4.72. The van der Waals surface area contributed by atoms with Gasteiger partial charge < -0.3 is 15.5 Å². The van der Waals surface area contributed by atoms with Crippen LogP contribution in [0.3, 0.4) is 0 Å². The summed E-state index contributed by atoms with van der Waals surface area (Å²) in [6.07, 6.45) is 7.73. The Kier molecular flexibility index (Phi) is 8.67. The molecule has 5 unspecified atom stereocenters. The van der Waals surface area contributed by atoms with Gasteiger partial charge in [0.05, 0.1) is 22.8 Å². The van der Waals surface area contributed by atoms with Gasteiger partial charge in [0.25, 0.3) is 20.2 Å². The van der Waals surface area contributed by atoms with E-state index < -0.39 is 31.0 Å². The summed E-state index contributed by atoms with van der Waals surface area (Å²) in [4.78, 5) is 12.4. The van der Waals surface area contributed by atoms with Crippen molar-refractivity contribution in [1.29, 1.82) is 0 Å². The van der Waals surface area contributed by atoms with Crippen LogP contribution in [0, 0.1) is 46.3 Å². The molecule has 4 fully saturated rings. The summed E-state index contributed by atoms with van der Waals surface area (Å²) in [5.74, 6) is 1.64. The highest BCUT2D eigenvalue weighted by atomic mass is 32.2. The number of anilines is 1. The van der Waals surface area contributed by atoms with Gasteiger partial charge >= 0.3 is 0 Å². The van der Waals surface area contributed by atoms with Gasteiger partial charge in [-0.15, -0.1) is 0 Å². The molecular formula is C34H47NO9S2. The van der Waals surface area contributed by atoms with Crippen molar-refractivity contribution in [2.45, 2.75) is 107 Å². The van der Waals surface area contributed by atoms with Crippen LogP contribution in [0.2, 0.25) is 0 Å². The molecule has 0 aliphatic heterocycles. The monoisotopic (exact) mass is 677 g/mol. The number of nitrogens with one attached hydrogen (secondary N) is 1. The third-order valence-electron chi connectivity index (χ3n) is 13.0. The summed E-state index contributed by atoms with van der Waals surface area (Å²) in [5.41, 5.74) is 0.0652. The van der Waals surface area contributed by atoms with Gasteiger partial charge in [-0.3, -0.25) is 13.9 Å². The van der Waals surface area contributed by atoms with Gasteiger partial charge in [0.2, 0.25) is 5.91 Å². The van der Waals surface area contributed by atoms with Crippen molar-refractivity contribution in [2.75, 3.05) is 5.32 Å². The van der Waals surface area contributed by atoms with Gasteiger partial charge in [-0.25, -0.2) is 0 Å². The zero-order valence-electron chi connectivity index (χ0n) is 26.7. The maximum absolute atomic E-state index is 13.3. The van der Waals surface area contributed by atoms with Crippen molar-refractivity contribution < 1.29 is 40.9 Å². The first-order chi connectivity index (χ1) is 21.4. The number of aliphatic hydroxyl groups is 2. The van der Waals surface area contributed by atoms with Gasteiger partial charge in [-0.2, -0.15) is 16.8 Å². The predicted octanol–water partition coefficient (Wildman–Crippen LogP) is 5.68. The fourth-order valence-corrected chi connectivity index (χ4v) is 11.9. The number of amides is 1. The van der Waals surface area contributed by atoms with Crippen LogP contribution in [0.4, 0.5) is 5.69 Å². The molecule has 0 spiro atoms. The Hall–Kier alpha value is -2.09. The molecule has 2 aromatic rings. The molecule has 0 saturated heterocycles. The second-order valence-electron chi connectivity index (χ2n) is 15.3. The molecule has 10 nitrogen and oxygen atoms in total. The second-order valence-corrected chi connectivity index (χ2v) is 18.1. The molecule has 4 aliphatic rings. The van der Waals surface area contributed by atoms with Crippen LogP contribution in [0.25, 0.3) is 10.8 Å². The quantitative estimate of drug-likeness (QED) is 0.231. The van der Waals surface area contributed by atoms with Crippen LogP contribution in [0.1, 0.15) is 85.0 Å². The van der Waals surface area contributed by atoms with E-state index >= 15 is 0 Å². The minimum Gasteiger partial charge on any atom is -0.393 e. The first-order valence-corrected chi connectivity index (χ1v) is 19.5. The molecule has 0 aromatic heterocycles. The van der Waals surface area contributed by atoms with Crippen LogP contribution in [-0.4, -0.2) is 54.3 Å². The van der Waals surface area contributed by atoms with E-state index in [0.717, 1.165) is 63.5 Å². The third-order valence-corrected chi connectivity index (χ3v) is 14.8. The van der Waals surface area contributed by atoms with Crippen molar-refractivity contribution in [3.63, 3.8) is 0 Å². The van der Waals surface area contributed by atoms with E-state index in [1.165, 1.54) is 18.2 Å². The molecule has 12 heteroatoms. The standard InChI is InChI=1S/C34H47NO9S2/c1-19(4-11-30(38)35-32-24-7-6-23(45(39,40)41)16-20(24)5-10-29(32)46(42,43)44)25-8-9-26-31-27(13-15-34(25,26)3)33(2)14-12-22(36)17-21(33)18-28(31)37/h5-7,10,16,19,21-22,25-28,31,36-37H,4,8-9,11-15,17-18H2,1-3H3,(H,35,38)(H,39,40,41)(H,42,43,44)/t19?,21?,22-,25-,26?,27?,28-,31?,33+,34-/m1/s1. The number of hydrogen-bond donors (Lipinski definition) is 5. The molecule has 0 heterocycles. The molecule has 5 N–H and O–H groups in total. The molecule has 1 amide bonds. The van der Waals surface area contributed by atoms with E-state index in [9.17, 15) is 40.9 Å². The largest absolute Gasteiger partial charge is 0.393 e. The Labute approximate surface area is 271 Å². The van der Waals surface area contributed by atoms with Crippen LogP contribution in [0.15, 0.2) is 40.1 Å². The zero-order valence-corrected chi connectivity index (χ0v) is 28.4. The highest BCUT2D eigenvalue weighted by Gasteiger charge is 2.62. The molecule has 6 rings (SSSR count). The Bertz CT molecular complexity index is 1740. The Morgan fingerprint density at radius 3 is 2.30 bits per heavy atom. The molecule has 4 aliphatic carbocycles. The van der Waals surface area contributed by atoms with E-state index in [2.05, 4.69) is 26.1 Å². The average Bonchev–Trinajstić information content (AvgIpc) is 3.32. The normalized spacial score (nSPS) is 36.8. The number of fused-ring (bicyclic) bond motifs is 6. The number of aliphatic hydroxyl groups excluding tert-OH is 2. The molecule has 0 bridgehead atoms. The number of hydrogen-bond acceptors (Lipinski definition) is 7. The van der Waals surface area contributed by atoms with E-state index in [0.29, 0.717) is 30.1 Å².